The standard InChI is InChI=1S/C10H16O2/c1-10(2)5-3-9(12)7-8(10)4-6-11/h3,5,8,11H,4,6-7H2,1-2H3. The number of carbonyl (C=O) groups is 1. The molecule has 1 atom stereocenters. The lowest BCUT2D eigenvalue weighted by Crippen LogP contribution is -2.28. The molecule has 0 aromatic heterocycles. The molecule has 1 N–H and O–H groups in total. The predicted octanol–water partition coefficient (Wildman–Crippen LogP) is 1.54. The topological polar surface area (TPSA) is 37.3 Å². The van der Waals surface area contributed by atoms with Crippen LogP contribution in [0.15, 0.2) is 12.2 Å². The molecule has 1 rings (SSSR count). The predicted molar refractivity (Wildman–Crippen MR) is 47.7 cm³/mol. The monoisotopic (exact) mass is 168 g/mol. The van der Waals surface area contributed by atoms with Crippen molar-refractivity contribution in [1.82, 2.24) is 0 Å². The van der Waals surface area contributed by atoms with Crippen molar-refractivity contribution in [1.29, 1.82) is 0 Å². The molecule has 12 heavy (non-hydrogen) atoms. The van der Waals surface area contributed by atoms with Crippen LogP contribution in [0.25, 0.3) is 0 Å². The van der Waals surface area contributed by atoms with E-state index in [0.717, 1.165) is 6.42 Å². The second-order valence-corrected chi connectivity index (χ2v) is 4.03. The molecule has 2 heteroatoms. The average molecular weight is 168 g/mol. The van der Waals surface area contributed by atoms with Gasteiger partial charge in [-0.3, -0.25) is 4.79 Å². The molecule has 0 saturated heterocycles. The summed E-state index contributed by atoms with van der Waals surface area (Å²) in [6, 6.07) is 0. The molecule has 0 aromatic carbocycles. The maximum atomic E-state index is 11.1. The number of aliphatic hydroxyl groups excluding tert-OH is 1. The average Bonchev–Trinajstić information content (AvgIpc) is 1.98. The molecule has 0 radical (unpaired) electrons. The summed E-state index contributed by atoms with van der Waals surface area (Å²) < 4.78 is 0. The van der Waals surface area contributed by atoms with E-state index in [2.05, 4.69) is 13.8 Å². The smallest absolute Gasteiger partial charge is 0.155 e. The van der Waals surface area contributed by atoms with Gasteiger partial charge >= 0.3 is 0 Å². The first-order valence-electron chi connectivity index (χ1n) is 4.39. The Bertz CT molecular complexity index is 204. The summed E-state index contributed by atoms with van der Waals surface area (Å²) >= 11 is 0. The maximum Gasteiger partial charge on any atom is 0.155 e. The van der Waals surface area contributed by atoms with Crippen LogP contribution in [0, 0.1) is 11.3 Å². The quantitative estimate of drug-likeness (QED) is 0.679. The lowest BCUT2D eigenvalue weighted by Gasteiger charge is -2.33. The Morgan fingerprint density at radius 1 is 1.67 bits per heavy atom. The van der Waals surface area contributed by atoms with Gasteiger partial charge in [0.05, 0.1) is 0 Å². The van der Waals surface area contributed by atoms with E-state index >= 15 is 0 Å². The van der Waals surface area contributed by atoms with Crippen molar-refractivity contribution in [2.75, 3.05) is 6.61 Å². The summed E-state index contributed by atoms with van der Waals surface area (Å²) in [5, 5.41) is 8.80. The molecule has 0 fully saturated rings. The molecule has 1 aliphatic rings. The van der Waals surface area contributed by atoms with Crippen LogP contribution in [0.2, 0.25) is 0 Å². The Hall–Kier alpha value is -0.630. The Labute approximate surface area is 73.3 Å². The van der Waals surface area contributed by atoms with Crippen LogP contribution < -0.4 is 0 Å². The normalized spacial score (nSPS) is 27.6. The number of hydrogen-bond donors (Lipinski definition) is 1. The fourth-order valence-corrected chi connectivity index (χ4v) is 1.65. The first-order valence-corrected chi connectivity index (χ1v) is 4.39. The summed E-state index contributed by atoms with van der Waals surface area (Å²) in [4.78, 5) is 11.1. The van der Waals surface area contributed by atoms with Crippen LogP contribution in [-0.4, -0.2) is 17.5 Å². The van der Waals surface area contributed by atoms with Crippen LogP contribution >= 0.6 is 0 Å². The molecule has 0 amide bonds. The molecule has 0 aromatic rings. The molecular formula is C10H16O2. The maximum absolute atomic E-state index is 11.1. The van der Waals surface area contributed by atoms with Crippen molar-refractivity contribution >= 4 is 5.78 Å². The number of aliphatic hydroxyl groups is 1. The minimum absolute atomic E-state index is 0.0661. The lowest BCUT2D eigenvalue weighted by atomic mass is 9.71. The van der Waals surface area contributed by atoms with E-state index in [9.17, 15) is 4.79 Å². The molecule has 0 spiro atoms. The van der Waals surface area contributed by atoms with Crippen molar-refractivity contribution in [3.8, 4) is 0 Å². The van der Waals surface area contributed by atoms with Gasteiger partial charge in [-0.25, -0.2) is 0 Å². The highest BCUT2D eigenvalue weighted by Crippen LogP contribution is 2.36. The number of ketones is 1. The van der Waals surface area contributed by atoms with E-state index in [1.807, 2.05) is 6.08 Å². The van der Waals surface area contributed by atoms with Gasteiger partial charge < -0.3 is 5.11 Å². The third kappa shape index (κ3) is 1.95. The molecule has 0 bridgehead atoms. The van der Waals surface area contributed by atoms with Crippen LogP contribution in [0.5, 0.6) is 0 Å². The van der Waals surface area contributed by atoms with Gasteiger partial charge in [-0.2, -0.15) is 0 Å². The highest BCUT2D eigenvalue weighted by atomic mass is 16.3. The minimum atomic E-state index is 0.0661. The SMILES string of the molecule is CC1(C)C=CC(=O)CC1CCO. The lowest BCUT2D eigenvalue weighted by molar-refractivity contribution is -0.117. The number of carbonyl (C=O) groups excluding carboxylic acids is 1. The molecule has 68 valence electrons. The van der Waals surface area contributed by atoms with E-state index in [-0.39, 0.29) is 17.8 Å². The largest absolute Gasteiger partial charge is 0.396 e. The van der Waals surface area contributed by atoms with Gasteiger partial charge in [-0.05, 0) is 23.8 Å². The first-order chi connectivity index (χ1) is 5.56. The van der Waals surface area contributed by atoms with Gasteiger partial charge in [0, 0.05) is 13.0 Å². The van der Waals surface area contributed by atoms with Gasteiger partial charge in [-0.1, -0.05) is 19.9 Å². The van der Waals surface area contributed by atoms with Crippen LogP contribution in [0.3, 0.4) is 0 Å². The summed E-state index contributed by atoms with van der Waals surface area (Å²) in [5.74, 6) is 0.493. The van der Waals surface area contributed by atoms with Crippen molar-refractivity contribution in [3.05, 3.63) is 12.2 Å². The number of allylic oxidation sites excluding steroid dienone is 2. The van der Waals surface area contributed by atoms with Crippen LogP contribution in [0.4, 0.5) is 0 Å². The van der Waals surface area contributed by atoms with E-state index in [0.29, 0.717) is 12.3 Å². The van der Waals surface area contributed by atoms with E-state index in [1.165, 1.54) is 0 Å². The van der Waals surface area contributed by atoms with Gasteiger partial charge in [-0.15, -0.1) is 0 Å². The molecule has 0 aliphatic heterocycles. The fourth-order valence-electron chi connectivity index (χ4n) is 1.65. The minimum Gasteiger partial charge on any atom is -0.396 e. The van der Waals surface area contributed by atoms with Gasteiger partial charge in [0.1, 0.15) is 0 Å². The summed E-state index contributed by atoms with van der Waals surface area (Å²) in [6.07, 6.45) is 4.93. The Kier molecular flexibility index (Phi) is 2.68. The zero-order chi connectivity index (χ0) is 9.19. The van der Waals surface area contributed by atoms with Gasteiger partial charge in [0.2, 0.25) is 0 Å². The van der Waals surface area contributed by atoms with Crippen LogP contribution in [-0.2, 0) is 4.79 Å². The second kappa shape index (κ2) is 3.40. The molecule has 2 nitrogen and oxygen atoms in total. The van der Waals surface area contributed by atoms with Crippen molar-refractivity contribution in [3.63, 3.8) is 0 Å². The fraction of sp³-hybridized carbons (Fsp3) is 0.700. The van der Waals surface area contributed by atoms with Crippen LogP contribution in [0.1, 0.15) is 26.7 Å². The Balaban J connectivity index is 2.72. The Morgan fingerprint density at radius 2 is 2.33 bits per heavy atom. The summed E-state index contributed by atoms with van der Waals surface area (Å²) in [6.45, 7) is 4.39. The molecule has 1 aliphatic carbocycles. The highest BCUT2D eigenvalue weighted by Gasteiger charge is 2.31. The molecule has 1 unspecified atom stereocenters. The highest BCUT2D eigenvalue weighted by molar-refractivity contribution is 5.90. The van der Waals surface area contributed by atoms with Gasteiger partial charge in [0.15, 0.2) is 5.78 Å². The molecular weight excluding hydrogens is 152 g/mol. The van der Waals surface area contributed by atoms with E-state index in [1.54, 1.807) is 6.08 Å². The molecule has 0 heterocycles. The third-order valence-corrected chi connectivity index (χ3v) is 2.68. The summed E-state index contributed by atoms with van der Waals surface area (Å²) in [7, 11) is 0. The van der Waals surface area contributed by atoms with E-state index in [4.69, 9.17) is 5.11 Å². The van der Waals surface area contributed by atoms with Crippen molar-refractivity contribution in [2.45, 2.75) is 26.7 Å². The third-order valence-electron chi connectivity index (χ3n) is 2.68. The van der Waals surface area contributed by atoms with E-state index < -0.39 is 0 Å². The number of rotatable bonds is 2. The zero-order valence-corrected chi connectivity index (χ0v) is 7.71. The summed E-state index contributed by atoms with van der Waals surface area (Å²) in [5.41, 5.74) is 0.0661. The zero-order valence-electron chi connectivity index (χ0n) is 7.71. The van der Waals surface area contributed by atoms with Crippen molar-refractivity contribution in [2.24, 2.45) is 11.3 Å². The number of hydrogen-bond acceptors (Lipinski definition) is 2. The van der Waals surface area contributed by atoms with Crippen molar-refractivity contribution < 1.29 is 9.90 Å². The second-order valence-electron chi connectivity index (χ2n) is 4.03. The first kappa shape index (κ1) is 9.46. The Morgan fingerprint density at radius 3 is 2.92 bits per heavy atom. The molecule has 0 saturated carbocycles. The van der Waals surface area contributed by atoms with Gasteiger partial charge in [0.25, 0.3) is 0 Å².